The number of aliphatic hydroxyl groups is 1. The molecular weight excluding hydrogens is 274 g/mol. The average molecular weight is 299 g/mol. The predicted octanol–water partition coefficient (Wildman–Crippen LogP) is 3.68. The van der Waals surface area contributed by atoms with E-state index in [4.69, 9.17) is 0 Å². The maximum atomic E-state index is 10.0. The Morgan fingerprint density at radius 3 is 2.95 bits per heavy atom. The average Bonchev–Trinajstić information content (AvgIpc) is 2.54. The largest absolute Gasteiger partial charge is 0.393 e. The summed E-state index contributed by atoms with van der Waals surface area (Å²) < 4.78 is 0. The minimum Gasteiger partial charge on any atom is -0.393 e. The van der Waals surface area contributed by atoms with E-state index in [9.17, 15) is 5.11 Å². The van der Waals surface area contributed by atoms with E-state index in [1.807, 2.05) is 6.07 Å². The smallest absolute Gasteiger partial charge is 0.137 e. The summed E-state index contributed by atoms with van der Waals surface area (Å²) in [5.41, 5.74) is 2.19. The third-order valence-corrected chi connectivity index (χ3v) is 4.78. The number of aryl methyl sites for hydroxylation is 1. The molecule has 1 fully saturated rings. The number of benzene rings is 1. The second-order valence-electron chi connectivity index (χ2n) is 6.37. The monoisotopic (exact) mass is 299 g/mol. The van der Waals surface area contributed by atoms with Gasteiger partial charge in [0.05, 0.1) is 11.6 Å². The quantitative estimate of drug-likeness (QED) is 0.827. The molecule has 4 nitrogen and oxygen atoms in total. The van der Waals surface area contributed by atoms with Crippen LogP contribution in [0.2, 0.25) is 0 Å². The number of nitrogens with zero attached hydrogens (tertiary/aromatic N) is 2. The van der Waals surface area contributed by atoms with Crippen molar-refractivity contribution >= 4 is 16.7 Å². The first-order valence-corrected chi connectivity index (χ1v) is 8.38. The van der Waals surface area contributed by atoms with Crippen LogP contribution >= 0.6 is 0 Å². The molecule has 2 aromatic rings. The second-order valence-corrected chi connectivity index (χ2v) is 6.37. The van der Waals surface area contributed by atoms with Crippen molar-refractivity contribution in [2.75, 3.05) is 11.9 Å². The van der Waals surface area contributed by atoms with E-state index >= 15 is 0 Å². The fourth-order valence-corrected chi connectivity index (χ4v) is 3.47. The molecule has 0 amide bonds. The maximum Gasteiger partial charge on any atom is 0.137 e. The van der Waals surface area contributed by atoms with Gasteiger partial charge in [-0.15, -0.1) is 0 Å². The number of rotatable bonds is 5. The molecule has 0 radical (unpaired) electrons. The van der Waals surface area contributed by atoms with Crippen LogP contribution in [0.5, 0.6) is 0 Å². The van der Waals surface area contributed by atoms with Crippen LogP contribution in [0.15, 0.2) is 24.5 Å². The lowest BCUT2D eigenvalue weighted by Crippen LogP contribution is -2.24. The molecule has 1 saturated carbocycles. The summed E-state index contributed by atoms with van der Waals surface area (Å²) in [6.45, 7) is 2.97. The number of para-hydroxylation sites is 1. The molecule has 1 heterocycles. The number of hydrogen-bond donors (Lipinski definition) is 2. The molecule has 0 aliphatic heterocycles. The number of hydrogen-bond acceptors (Lipinski definition) is 4. The van der Waals surface area contributed by atoms with Gasteiger partial charge in [-0.3, -0.25) is 0 Å². The molecule has 0 saturated heterocycles. The van der Waals surface area contributed by atoms with Gasteiger partial charge < -0.3 is 10.4 Å². The van der Waals surface area contributed by atoms with Gasteiger partial charge >= 0.3 is 0 Å². The topological polar surface area (TPSA) is 58.0 Å². The van der Waals surface area contributed by atoms with Gasteiger partial charge in [-0.25, -0.2) is 9.97 Å². The Balaban J connectivity index is 1.57. The molecule has 118 valence electrons. The summed E-state index contributed by atoms with van der Waals surface area (Å²) in [5, 5.41) is 14.5. The second kappa shape index (κ2) is 7.05. The molecule has 1 aliphatic rings. The highest BCUT2D eigenvalue weighted by Crippen LogP contribution is 2.28. The Morgan fingerprint density at radius 1 is 1.23 bits per heavy atom. The summed E-state index contributed by atoms with van der Waals surface area (Å²) in [4.78, 5) is 8.74. The normalized spacial score (nSPS) is 21.9. The lowest BCUT2D eigenvalue weighted by atomic mass is 9.83. The van der Waals surface area contributed by atoms with Crippen LogP contribution in [-0.2, 0) is 0 Å². The van der Waals surface area contributed by atoms with Crippen molar-refractivity contribution in [3.05, 3.63) is 30.1 Å². The summed E-state index contributed by atoms with van der Waals surface area (Å²) in [6, 6.07) is 6.18. The molecule has 1 aromatic heterocycles. The van der Waals surface area contributed by atoms with Crippen LogP contribution < -0.4 is 5.32 Å². The molecule has 3 rings (SSSR count). The molecule has 0 spiro atoms. The Morgan fingerprint density at radius 2 is 2.09 bits per heavy atom. The van der Waals surface area contributed by atoms with Crippen molar-refractivity contribution in [3.63, 3.8) is 0 Å². The van der Waals surface area contributed by atoms with Crippen molar-refractivity contribution in [2.24, 2.45) is 5.92 Å². The standard InChI is InChI=1S/C18H25N3O/c1-13-6-4-9-15-17(13)20-12-21-18(15)19-11-5-8-14-7-2-3-10-16(14)22/h4,6,9,12,14,16,22H,2-3,5,7-8,10-11H2,1H3,(H,19,20,21). The van der Waals surface area contributed by atoms with Gasteiger partial charge in [-0.05, 0) is 50.2 Å². The van der Waals surface area contributed by atoms with E-state index < -0.39 is 0 Å². The summed E-state index contributed by atoms with van der Waals surface area (Å²) in [7, 11) is 0. The minimum absolute atomic E-state index is 0.0868. The molecule has 4 heteroatoms. The van der Waals surface area contributed by atoms with Gasteiger partial charge in [-0.1, -0.05) is 25.0 Å². The van der Waals surface area contributed by atoms with Gasteiger partial charge in [0.15, 0.2) is 0 Å². The summed E-state index contributed by atoms with van der Waals surface area (Å²) in [6.07, 6.45) is 8.31. The Hall–Kier alpha value is -1.68. The first-order valence-electron chi connectivity index (χ1n) is 8.38. The van der Waals surface area contributed by atoms with E-state index in [2.05, 4.69) is 34.3 Å². The van der Waals surface area contributed by atoms with Gasteiger partial charge in [0.25, 0.3) is 0 Å². The fourth-order valence-electron chi connectivity index (χ4n) is 3.47. The highest BCUT2D eigenvalue weighted by molar-refractivity contribution is 5.90. The van der Waals surface area contributed by atoms with E-state index in [0.29, 0.717) is 5.92 Å². The SMILES string of the molecule is Cc1cccc2c(NCCCC3CCCCC3O)ncnc12. The zero-order chi connectivity index (χ0) is 15.4. The van der Waals surface area contributed by atoms with Crippen LogP contribution in [0.3, 0.4) is 0 Å². The lowest BCUT2D eigenvalue weighted by molar-refractivity contribution is 0.0648. The van der Waals surface area contributed by atoms with Crippen LogP contribution in [0.1, 0.15) is 44.1 Å². The highest BCUT2D eigenvalue weighted by atomic mass is 16.3. The molecule has 2 unspecified atom stereocenters. The highest BCUT2D eigenvalue weighted by Gasteiger charge is 2.22. The molecule has 0 bridgehead atoms. The van der Waals surface area contributed by atoms with Crippen LogP contribution in [0, 0.1) is 12.8 Å². The third-order valence-electron chi connectivity index (χ3n) is 4.78. The van der Waals surface area contributed by atoms with Crippen molar-refractivity contribution in [1.29, 1.82) is 0 Å². The van der Waals surface area contributed by atoms with Gasteiger partial charge in [0, 0.05) is 11.9 Å². The van der Waals surface area contributed by atoms with Crippen molar-refractivity contribution < 1.29 is 5.11 Å². The van der Waals surface area contributed by atoms with E-state index in [0.717, 1.165) is 42.5 Å². The van der Waals surface area contributed by atoms with Gasteiger partial charge in [-0.2, -0.15) is 0 Å². The Labute approximate surface area is 132 Å². The van der Waals surface area contributed by atoms with Crippen molar-refractivity contribution in [1.82, 2.24) is 9.97 Å². The number of aliphatic hydroxyl groups excluding tert-OH is 1. The van der Waals surface area contributed by atoms with Crippen LogP contribution in [-0.4, -0.2) is 27.7 Å². The number of anilines is 1. The minimum atomic E-state index is -0.0868. The molecule has 22 heavy (non-hydrogen) atoms. The molecular formula is C18H25N3O. The summed E-state index contributed by atoms with van der Waals surface area (Å²) >= 11 is 0. The Kier molecular flexibility index (Phi) is 4.88. The van der Waals surface area contributed by atoms with Gasteiger partial charge in [0.1, 0.15) is 12.1 Å². The number of aromatic nitrogens is 2. The van der Waals surface area contributed by atoms with E-state index in [-0.39, 0.29) is 6.10 Å². The third kappa shape index (κ3) is 3.38. The lowest BCUT2D eigenvalue weighted by Gasteiger charge is -2.27. The first-order chi connectivity index (χ1) is 10.8. The molecule has 1 aliphatic carbocycles. The summed E-state index contributed by atoms with van der Waals surface area (Å²) in [5.74, 6) is 1.40. The van der Waals surface area contributed by atoms with Crippen molar-refractivity contribution in [3.8, 4) is 0 Å². The molecule has 1 aromatic carbocycles. The van der Waals surface area contributed by atoms with Gasteiger partial charge in [0.2, 0.25) is 0 Å². The fraction of sp³-hybridized carbons (Fsp3) is 0.556. The Bertz CT molecular complexity index is 629. The number of nitrogens with one attached hydrogen (secondary N) is 1. The predicted molar refractivity (Wildman–Crippen MR) is 90.0 cm³/mol. The number of fused-ring (bicyclic) bond motifs is 1. The van der Waals surface area contributed by atoms with E-state index in [1.165, 1.54) is 24.8 Å². The zero-order valence-electron chi connectivity index (χ0n) is 13.3. The van der Waals surface area contributed by atoms with Crippen LogP contribution in [0.25, 0.3) is 10.9 Å². The first kappa shape index (κ1) is 15.2. The van der Waals surface area contributed by atoms with Crippen molar-refractivity contribution in [2.45, 2.75) is 51.6 Å². The van der Waals surface area contributed by atoms with Crippen LogP contribution in [0.4, 0.5) is 5.82 Å². The molecule has 2 atom stereocenters. The molecule has 2 N–H and O–H groups in total. The van der Waals surface area contributed by atoms with E-state index in [1.54, 1.807) is 6.33 Å². The zero-order valence-corrected chi connectivity index (χ0v) is 13.3. The maximum absolute atomic E-state index is 10.0.